The van der Waals surface area contributed by atoms with Crippen molar-refractivity contribution in [3.05, 3.63) is 27.3 Å². The molecule has 0 aromatic heterocycles. The lowest BCUT2D eigenvalue weighted by Crippen LogP contribution is -2.40. The first-order valence-corrected chi connectivity index (χ1v) is 6.51. The fourth-order valence-electron chi connectivity index (χ4n) is 1.75. The number of halogens is 1. The van der Waals surface area contributed by atoms with E-state index in [-0.39, 0.29) is 5.91 Å². The molecular weight excluding hydrogens is 333 g/mol. The number of morpholine rings is 1. The zero-order chi connectivity index (χ0) is 12.3. The molecule has 0 atom stereocenters. The van der Waals surface area contributed by atoms with E-state index in [4.69, 9.17) is 9.47 Å². The molecule has 0 unspecified atom stereocenters. The molecule has 1 aromatic carbocycles. The van der Waals surface area contributed by atoms with Gasteiger partial charge in [0.1, 0.15) is 5.75 Å². The maximum absolute atomic E-state index is 12.2. The lowest BCUT2D eigenvalue weighted by Gasteiger charge is -2.27. The van der Waals surface area contributed by atoms with Gasteiger partial charge in [-0.2, -0.15) is 0 Å². The zero-order valence-electron chi connectivity index (χ0n) is 9.61. The SMILES string of the molecule is COc1ccc(C(=O)N2CCOCC2)cc1I. The van der Waals surface area contributed by atoms with Crippen molar-refractivity contribution in [2.45, 2.75) is 0 Å². The van der Waals surface area contributed by atoms with Crippen LogP contribution >= 0.6 is 22.6 Å². The number of amides is 1. The van der Waals surface area contributed by atoms with Crippen molar-refractivity contribution in [1.29, 1.82) is 0 Å². The summed E-state index contributed by atoms with van der Waals surface area (Å²) in [4.78, 5) is 14.0. The molecule has 0 spiro atoms. The largest absolute Gasteiger partial charge is 0.496 e. The monoisotopic (exact) mass is 347 g/mol. The van der Waals surface area contributed by atoms with E-state index >= 15 is 0 Å². The first-order valence-electron chi connectivity index (χ1n) is 5.43. The van der Waals surface area contributed by atoms with Crippen LogP contribution in [0.4, 0.5) is 0 Å². The smallest absolute Gasteiger partial charge is 0.254 e. The molecule has 4 nitrogen and oxygen atoms in total. The van der Waals surface area contributed by atoms with Gasteiger partial charge in [0.2, 0.25) is 0 Å². The van der Waals surface area contributed by atoms with Crippen LogP contribution in [0.2, 0.25) is 0 Å². The minimum atomic E-state index is 0.0638. The average Bonchev–Trinajstić information content (AvgIpc) is 2.39. The molecule has 0 N–H and O–H groups in total. The second kappa shape index (κ2) is 5.68. The molecule has 2 rings (SSSR count). The topological polar surface area (TPSA) is 38.8 Å². The molecule has 1 heterocycles. The third kappa shape index (κ3) is 2.90. The van der Waals surface area contributed by atoms with Crippen LogP contribution in [-0.4, -0.2) is 44.2 Å². The van der Waals surface area contributed by atoms with Crippen LogP contribution in [0.1, 0.15) is 10.4 Å². The highest BCUT2D eigenvalue weighted by atomic mass is 127. The summed E-state index contributed by atoms with van der Waals surface area (Å²) in [5, 5.41) is 0. The average molecular weight is 347 g/mol. The normalized spacial score (nSPS) is 15.8. The highest BCUT2D eigenvalue weighted by Crippen LogP contribution is 2.22. The van der Waals surface area contributed by atoms with Gasteiger partial charge in [-0.15, -0.1) is 0 Å². The highest BCUT2D eigenvalue weighted by Gasteiger charge is 2.19. The Morgan fingerprint density at radius 1 is 1.41 bits per heavy atom. The van der Waals surface area contributed by atoms with E-state index in [1.807, 2.05) is 17.0 Å². The molecule has 0 aliphatic carbocycles. The van der Waals surface area contributed by atoms with Gasteiger partial charge < -0.3 is 14.4 Å². The molecule has 0 saturated carbocycles. The molecule has 1 aliphatic rings. The van der Waals surface area contributed by atoms with Crippen molar-refractivity contribution in [1.82, 2.24) is 4.90 Å². The molecule has 0 bridgehead atoms. The summed E-state index contributed by atoms with van der Waals surface area (Å²) >= 11 is 2.17. The number of hydrogen-bond donors (Lipinski definition) is 0. The van der Waals surface area contributed by atoms with E-state index in [2.05, 4.69) is 22.6 Å². The standard InChI is InChI=1S/C12H14INO3/c1-16-11-3-2-9(8-10(11)13)12(15)14-4-6-17-7-5-14/h2-3,8H,4-7H2,1H3. The molecule has 0 radical (unpaired) electrons. The van der Waals surface area contributed by atoms with Crippen molar-refractivity contribution in [2.75, 3.05) is 33.4 Å². The van der Waals surface area contributed by atoms with Crippen LogP contribution in [-0.2, 0) is 4.74 Å². The number of rotatable bonds is 2. The molecule has 1 amide bonds. The number of carbonyl (C=O) groups is 1. The first kappa shape index (κ1) is 12.6. The van der Waals surface area contributed by atoms with Crippen LogP contribution < -0.4 is 4.74 Å². The summed E-state index contributed by atoms with van der Waals surface area (Å²) < 4.78 is 11.4. The van der Waals surface area contributed by atoms with E-state index < -0.39 is 0 Å². The van der Waals surface area contributed by atoms with Crippen LogP contribution in [0, 0.1) is 3.57 Å². The Kier molecular flexibility index (Phi) is 4.22. The lowest BCUT2D eigenvalue weighted by atomic mass is 10.2. The maximum atomic E-state index is 12.2. The Morgan fingerprint density at radius 2 is 2.12 bits per heavy atom. The molecule has 92 valence electrons. The van der Waals surface area contributed by atoms with Crippen molar-refractivity contribution >= 4 is 28.5 Å². The Balaban J connectivity index is 2.16. The van der Waals surface area contributed by atoms with Crippen LogP contribution in [0.3, 0.4) is 0 Å². The Hall–Kier alpha value is -0.820. The van der Waals surface area contributed by atoms with Gasteiger partial charge in [0, 0.05) is 18.7 Å². The summed E-state index contributed by atoms with van der Waals surface area (Å²) in [5.74, 6) is 0.859. The van der Waals surface area contributed by atoms with Crippen molar-refractivity contribution in [2.24, 2.45) is 0 Å². The molecule has 17 heavy (non-hydrogen) atoms. The molecule has 1 saturated heterocycles. The second-order valence-corrected chi connectivity index (χ2v) is 4.92. The van der Waals surface area contributed by atoms with Gasteiger partial charge in [0.05, 0.1) is 23.9 Å². The van der Waals surface area contributed by atoms with Crippen LogP contribution in [0.15, 0.2) is 18.2 Å². The van der Waals surface area contributed by atoms with Gasteiger partial charge in [0.25, 0.3) is 5.91 Å². The van der Waals surface area contributed by atoms with Gasteiger partial charge in [-0.05, 0) is 40.8 Å². The minimum Gasteiger partial charge on any atom is -0.496 e. The van der Waals surface area contributed by atoms with Gasteiger partial charge in [0.15, 0.2) is 0 Å². The van der Waals surface area contributed by atoms with Gasteiger partial charge in [-0.3, -0.25) is 4.79 Å². The van der Waals surface area contributed by atoms with Crippen molar-refractivity contribution in [3.63, 3.8) is 0 Å². The summed E-state index contributed by atoms with van der Waals surface area (Å²) in [6, 6.07) is 5.49. The van der Waals surface area contributed by atoms with E-state index in [1.165, 1.54) is 0 Å². The number of hydrogen-bond acceptors (Lipinski definition) is 3. The quantitative estimate of drug-likeness (QED) is 0.766. The summed E-state index contributed by atoms with van der Waals surface area (Å²) in [6.07, 6.45) is 0. The Bertz CT molecular complexity index is 416. The summed E-state index contributed by atoms with van der Waals surface area (Å²) in [7, 11) is 1.63. The molecule has 1 aliphatic heterocycles. The summed E-state index contributed by atoms with van der Waals surface area (Å²) in [5.41, 5.74) is 0.706. The predicted molar refractivity (Wildman–Crippen MR) is 72.4 cm³/mol. The first-order chi connectivity index (χ1) is 8.22. The van der Waals surface area contributed by atoms with E-state index in [0.29, 0.717) is 31.9 Å². The third-order valence-corrected chi connectivity index (χ3v) is 3.54. The molecule has 5 heteroatoms. The fourth-order valence-corrected chi connectivity index (χ4v) is 2.48. The highest BCUT2D eigenvalue weighted by molar-refractivity contribution is 14.1. The number of ether oxygens (including phenoxy) is 2. The molecule has 1 aromatic rings. The minimum absolute atomic E-state index is 0.0638. The van der Waals surface area contributed by atoms with Gasteiger partial charge >= 0.3 is 0 Å². The van der Waals surface area contributed by atoms with Crippen LogP contribution in [0.5, 0.6) is 5.75 Å². The third-order valence-electron chi connectivity index (χ3n) is 2.70. The Labute approximate surface area is 114 Å². The van der Waals surface area contributed by atoms with Gasteiger partial charge in [-0.1, -0.05) is 0 Å². The predicted octanol–water partition coefficient (Wildman–Crippen LogP) is 1.77. The zero-order valence-corrected chi connectivity index (χ0v) is 11.8. The number of methoxy groups -OCH3 is 1. The summed E-state index contributed by atoms with van der Waals surface area (Å²) in [6.45, 7) is 2.58. The number of carbonyl (C=O) groups excluding carboxylic acids is 1. The Morgan fingerprint density at radius 3 is 2.71 bits per heavy atom. The van der Waals surface area contributed by atoms with Crippen molar-refractivity contribution in [3.8, 4) is 5.75 Å². The van der Waals surface area contributed by atoms with E-state index in [0.717, 1.165) is 9.32 Å². The van der Waals surface area contributed by atoms with E-state index in [9.17, 15) is 4.79 Å². The fraction of sp³-hybridized carbons (Fsp3) is 0.417. The second-order valence-electron chi connectivity index (χ2n) is 3.75. The van der Waals surface area contributed by atoms with Crippen molar-refractivity contribution < 1.29 is 14.3 Å². The van der Waals surface area contributed by atoms with Crippen LogP contribution in [0.25, 0.3) is 0 Å². The molecule has 1 fully saturated rings. The van der Waals surface area contributed by atoms with Gasteiger partial charge in [-0.25, -0.2) is 0 Å². The number of nitrogens with zero attached hydrogens (tertiary/aromatic N) is 1. The molecular formula is C12H14INO3. The van der Waals surface area contributed by atoms with E-state index in [1.54, 1.807) is 13.2 Å². The number of benzene rings is 1. The maximum Gasteiger partial charge on any atom is 0.254 e. The lowest BCUT2D eigenvalue weighted by molar-refractivity contribution is 0.0303.